The van der Waals surface area contributed by atoms with E-state index in [4.69, 9.17) is 0 Å². The van der Waals surface area contributed by atoms with Gasteiger partial charge in [-0.1, -0.05) is 6.42 Å². The number of rotatable bonds is 3. The van der Waals surface area contributed by atoms with E-state index in [2.05, 4.69) is 5.32 Å². The summed E-state index contributed by atoms with van der Waals surface area (Å²) >= 11 is 0. The second-order valence-electron chi connectivity index (χ2n) is 6.27. The number of nitrogens with one attached hydrogen (secondary N) is 1. The molecule has 92 valence electrons. The quantitative estimate of drug-likeness (QED) is 0.778. The molecule has 0 aromatic carbocycles. The Morgan fingerprint density at radius 2 is 1.88 bits per heavy atom. The smallest absolute Gasteiger partial charge is 0.103 e. The van der Waals surface area contributed by atoms with Gasteiger partial charge in [0.15, 0.2) is 0 Å². The van der Waals surface area contributed by atoms with Gasteiger partial charge in [-0.05, 0) is 75.3 Å². The van der Waals surface area contributed by atoms with E-state index in [-0.39, 0.29) is 0 Å². The Balaban J connectivity index is 1.50. The lowest BCUT2D eigenvalue weighted by Crippen LogP contribution is -2.33. The largest absolute Gasteiger partial charge is 0.317 e. The van der Waals surface area contributed by atoms with Crippen molar-refractivity contribution < 1.29 is 4.39 Å². The van der Waals surface area contributed by atoms with E-state index in [1.165, 1.54) is 25.7 Å². The first-order valence-electron chi connectivity index (χ1n) is 7.17. The fourth-order valence-corrected chi connectivity index (χ4v) is 4.35. The SMILES string of the molecule is FC(CC1CC2CCC1C2)C1CCNCC1. The summed E-state index contributed by atoms with van der Waals surface area (Å²) in [7, 11) is 0. The molecule has 16 heavy (non-hydrogen) atoms. The van der Waals surface area contributed by atoms with Crippen molar-refractivity contribution in [3.8, 4) is 0 Å². The number of fused-ring (bicyclic) bond motifs is 2. The van der Waals surface area contributed by atoms with Crippen molar-refractivity contribution in [1.29, 1.82) is 0 Å². The van der Waals surface area contributed by atoms with Gasteiger partial charge in [-0.25, -0.2) is 4.39 Å². The van der Waals surface area contributed by atoms with Crippen molar-refractivity contribution in [3.05, 3.63) is 0 Å². The molecule has 1 saturated heterocycles. The molecule has 2 saturated carbocycles. The van der Waals surface area contributed by atoms with Crippen LogP contribution in [0, 0.1) is 23.7 Å². The highest BCUT2D eigenvalue weighted by atomic mass is 19.1. The maximum atomic E-state index is 14.2. The Kier molecular flexibility index (Phi) is 3.19. The Bertz CT molecular complexity index is 237. The van der Waals surface area contributed by atoms with Crippen LogP contribution in [0.4, 0.5) is 4.39 Å². The topological polar surface area (TPSA) is 12.0 Å². The van der Waals surface area contributed by atoms with Gasteiger partial charge >= 0.3 is 0 Å². The molecular formula is C14H24FN. The van der Waals surface area contributed by atoms with Gasteiger partial charge in [0.2, 0.25) is 0 Å². The van der Waals surface area contributed by atoms with Crippen molar-refractivity contribution in [2.75, 3.05) is 13.1 Å². The number of piperidine rings is 1. The van der Waals surface area contributed by atoms with Crippen molar-refractivity contribution in [2.24, 2.45) is 23.7 Å². The second-order valence-corrected chi connectivity index (χ2v) is 6.27. The Hall–Kier alpha value is -0.110. The molecule has 2 heteroatoms. The van der Waals surface area contributed by atoms with E-state index in [1.54, 1.807) is 0 Å². The van der Waals surface area contributed by atoms with E-state index in [9.17, 15) is 4.39 Å². The van der Waals surface area contributed by atoms with Crippen LogP contribution in [0.25, 0.3) is 0 Å². The number of halogens is 1. The van der Waals surface area contributed by atoms with Crippen LogP contribution < -0.4 is 5.32 Å². The molecule has 1 aliphatic heterocycles. The Labute approximate surface area is 98.2 Å². The monoisotopic (exact) mass is 225 g/mol. The van der Waals surface area contributed by atoms with Crippen LogP contribution in [-0.4, -0.2) is 19.3 Å². The van der Waals surface area contributed by atoms with Gasteiger partial charge in [0.25, 0.3) is 0 Å². The van der Waals surface area contributed by atoms with Crippen LogP contribution in [0.1, 0.15) is 44.9 Å². The molecule has 3 fully saturated rings. The number of alkyl halides is 1. The Morgan fingerprint density at radius 3 is 2.50 bits per heavy atom. The predicted octanol–water partition coefficient (Wildman–Crippen LogP) is 3.15. The van der Waals surface area contributed by atoms with Crippen LogP contribution >= 0.6 is 0 Å². The highest BCUT2D eigenvalue weighted by Crippen LogP contribution is 2.50. The maximum Gasteiger partial charge on any atom is 0.103 e. The van der Waals surface area contributed by atoms with Crippen LogP contribution in [0.2, 0.25) is 0 Å². The summed E-state index contributed by atoms with van der Waals surface area (Å²) in [6.45, 7) is 2.06. The zero-order chi connectivity index (χ0) is 11.0. The molecule has 2 aliphatic carbocycles. The van der Waals surface area contributed by atoms with Gasteiger partial charge in [0.1, 0.15) is 6.17 Å². The van der Waals surface area contributed by atoms with E-state index < -0.39 is 6.17 Å². The minimum atomic E-state index is -0.508. The molecule has 3 aliphatic rings. The average Bonchev–Trinajstić information content (AvgIpc) is 2.92. The Morgan fingerprint density at radius 1 is 1.06 bits per heavy atom. The lowest BCUT2D eigenvalue weighted by atomic mass is 9.81. The van der Waals surface area contributed by atoms with Gasteiger partial charge in [-0.2, -0.15) is 0 Å². The molecule has 0 spiro atoms. The first kappa shape index (κ1) is 11.0. The summed E-state index contributed by atoms with van der Waals surface area (Å²) in [5, 5.41) is 3.32. The average molecular weight is 225 g/mol. The molecule has 4 atom stereocenters. The molecule has 2 bridgehead atoms. The van der Waals surface area contributed by atoms with Crippen LogP contribution in [0.15, 0.2) is 0 Å². The van der Waals surface area contributed by atoms with Crippen LogP contribution in [0.5, 0.6) is 0 Å². The third-order valence-corrected chi connectivity index (χ3v) is 5.31. The molecule has 1 N–H and O–H groups in total. The first-order chi connectivity index (χ1) is 7.83. The standard InChI is InChI=1S/C14H24FN/c15-14(11-3-5-16-6-4-11)9-13-8-10-1-2-12(13)7-10/h10-14,16H,1-9H2. The highest BCUT2D eigenvalue weighted by molar-refractivity contribution is 4.91. The predicted molar refractivity (Wildman–Crippen MR) is 64.0 cm³/mol. The second kappa shape index (κ2) is 4.64. The summed E-state index contributed by atoms with van der Waals surface area (Å²) in [6, 6.07) is 0. The molecule has 0 radical (unpaired) electrons. The normalized spacial score (nSPS) is 41.4. The van der Waals surface area contributed by atoms with Gasteiger partial charge in [0, 0.05) is 0 Å². The summed E-state index contributed by atoms with van der Waals surface area (Å²) in [5.41, 5.74) is 0. The van der Waals surface area contributed by atoms with Crippen molar-refractivity contribution in [2.45, 2.75) is 51.1 Å². The molecule has 0 aromatic heterocycles. The van der Waals surface area contributed by atoms with E-state index in [0.717, 1.165) is 50.1 Å². The summed E-state index contributed by atoms with van der Waals surface area (Å²) < 4.78 is 14.2. The summed E-state index contributed by atoms with van der Waals surface area (Å²) in [6.07, 6.45) is 8.08. The number of hydrogen-bond acceptors (Lipinski definition) is 1. The molecule has 1 nitrogen and oxygen atoms in total. The van der Waals surface area contributed by atoms with Gasteiger partial charge in [-0.3, -0.25) is 0 Å². The molecule has 1 heterocycles. The van der Waals surface area contributed by atoms with E-state index >= 15 is 0 Å². The maximum absolute atomic E-state index is 14.2. The van der Waals surface area contributed by atoms with Gasteiger partial charge in [-0.15, -0.1) is 0 Å². The molecule has 4 unspecified atom stereocenters. The molecular weight excluding hydrogens is 201 g/mol. The molecule has 0 amide bonds. The fourth-order valence-electron chi connectivity index (χ4n) is 4.35. The van der Waals surface area contributed by atoms with E-state index in [0.29, 0.717) is 5.92 Å². The summed E-state index contributed by atoms with van der Waals surface area (Å²) in [5.74, 6) is 2.96. The van der Waals surface area contributed by atoms with E-state index in [1.807, 2.05) is 0 Å². The zero-order valence-electron chi connectivity index (χ0n) is 10.1. The third kappa shape index (κ3) is 2.13. The van der Waals surface area contributed by atoms with Crippen LogP contribution in [-0.2, 0) is 0 Å². The zero-order valence-corrected chi connectivity index (χ0v) is 10.1. The van der Waals surface area contributed by atoms with Gasteiger partial charge in [0.05, 0.1) is 0 Å². The minimum absolute atomic E-state index is 0.361. The summed E-state index contributed by atoms with van der Waals surface area (Å²) in [4.78, 5) is 0. The molecule has 0 aromatic rings. The number of hydrogen-bond donors (Lipinski definition) is 1. The lowest BCUT2D eigenvalue weighted by Gasteiger charge is -2.29. The molecule has 3 rings (SSSR count). The van der Waals surface area contributed by atoms with Crippen molar-refractivity contribution >= 4 is 0 Å². The minimum Gasteiger partial charge on any atom is -0.317 e. The first-order valence-corrected chi connectivity index (χ1v) is 7.17. The van der Waals surface area contributed by atoms with Crippen molar-refractivity contribution in [3.63, 3.8) is 0 Å². The third-order valence-electron chi connectivity index (χ3n) is 5.31. The fraction of sp³-hybridized carbons (Fsp3) is 1.00. The van der Waals surface area contributed by atoms with Crippen LogP contribution in [0.3, 0.4) is 0 Å². The highest BCUT2D eigenvalue weighted by Gasteiger charge is 2.41. The van der Waals surface area contributed by atoms with Crippen molar-refractivity contribution in [1.82, 2.24) is 5.32 Å². The van der Waals surface area contributed by atoms with Gasteiger partial charge < -0.3 is 5.32 Å². The lowest BCUT2D eigenvalue weighted by molar-refractivity contribution is 0.137.